The van der Waals surface area contributed by atoms with Crippen molar-refractivity contribution in [2.24, 2.45) is 0 Å². The Kier molecular flexibility index (Phi) is 2.55. The van der Waals surface area contributed by atoms with Crippen LogP contribution in [0.1, 0.15) is 23.1 Å². The Labute approximate surface area is 96.8 Å². The fraction of sp³-hybridized carbons (Fsp3) is 0.182. The molecule has 0 atom stereocenters. The van der Waals surface area contributed by atoms with Gasteiger partial charge >= 0.3 is 5.97 Å². The van der Waals surface area contributed by atoms with Crippen LogP contribution in [0.5, 0.6) is 0 Å². The number of nitrogens with zero attached hydrogens (tertiary/aromatic N) is 2. The number of aromatic carboxylic acids is 1. The molecule has 0 spiro atoms. The second-order valence-corrected chi connectivity index (χ2v) is 3.67. The maximum atomic E-state index is 11.0. The summed E-state index contributed by atoms with van der Waals surface area (Å²) in [5.41, 5.74) is 3.99. The third kappa shape index (κ3) is 1.96. The van der Waals surface area contributed by atoms with Crippen molar-refractivity contribution < 1.29 is 14.7 Å². The molecule has 1 aromatic carbocycles. The number of nitrogens with one attached hydrogen (secondary N) is 1. The van der Waals surface area contributed by atoms with Crippen molar-refractivity contribution in [1.82, 2.24) is 9.66 Å². The highest BCUT2D eigenvalue weighted by Crippen LogP contribution is 2.16. The Bertz CT molecular complexity index is 616. The van der Waals surface area contributed by atoms with Crippen molar-refractivity contribution in [3.05, 3.63) is 29.6 Å². The highest BCUT2D eigenvalue weighted by molar-refractivity contribution is 5.93. The highest BCUT2D eigenvalue weighted by atomic mass is 16.4. The fourth-order valence-electron chi connectivity index (χ4n) is 1.63. The van der Waals surface area contributed by atoms with Gasteiger partial charge in [0.15, 0.2) is 0 Å². The van der Waals surface area contributed by atoms with Crippen LogP contribution in [-0.2, 0) is 4.79 Å². The number of carbonyl (C=O) groups excluding carboxylic acids is 1. The van der Waals surface area contributed by atoms with Crippen molar-refractivity contribution in [2.45, 2.75) is 13.8 Å². The van der Waals surface area contributed by atoms with Gasteiger partial charge in [-0.3, -0.25) is 10.2 Å². The first-order valence-electron chi connectivity index (χ1n) is 4.99. The third-order valence-corrected chi connectivity index (χ3v) is 2.34. The molecule has 2 rings (SSSR count). The second-order valence-electron chi connectivity index (χ2n) is 3.67. The number of amides is 1. The number of fused-ring (bicyclic) bond motifs is 1. The lowest BCUT2D eigenvalue weighted by molar-refractivity contribution is -0.115. The number of hydrogen-bond acceptors (Lipinski definition) is 3. The van der Waals surface area contributed by atoms with Gasteiger partial charge < -0.3 is 5.11 Å². The first-order valence-corrected chi connectivity index (χ1v) is 4.99. The number of carboxylic acids is 1. The van der Waals surface area contributed by atoms with E-state index in [0.717, 1.165) is 0 Å². The molecule has 2 aromatic rings. The quantitative estimate of drug-likeness (QED) is 0.814. The van der Waals surface area contributed by atoms with Gasteiger partial charge in [-0.05, 0) is 25.1 Å². The molecule has 1 amide bonds. The van der Waals surface area contributed by atoms with E-state index < -0.39 is 5.97 Å². The predicted molar refractivity (Wildman–Crippen MR) is 61.5 cm³/mol. The van der Waals surface area contributed by atoms with Crippen LogP contribution in [0.25, 0.3) is 11.0 Å². The summed E-state index contributed by atoms with van der Waals surface area (Å²) in [6.45, 7) is 3.13. The lowest BCUT2D eigenvalue weighted by atomic mass is 10.2. The van der Waals surface area contributed by atoms with Gasteiger partial charge in [-0.15, -0.1) is 0 Å². The molecule has 88 valence electrons. The molecule has 0 aliphatic rings. The first kappa shape index (κ1) is 11.1. The monoisotopic (exact) mass is 233 g/mol. The molecule has 0 aliphatic carbocycles. The standard InChI is InChI=1S/C11H11N3O3/c1-6-12-9-5-8(11(16)17)3-4-10(9)14(6)13-7(2)15/h3-5H,1-2H3,(H,13,15)(H,16,17). The van der Waals surface area contributed by atoms with Crippen molar-refractivity contribution in [1.29, 1.82) is 0 Å². The molecule has 0 saturated carbocycles. The van der Waals surface area contributed by atoms with Crippen LogP contribution in [-0.4, -0.2) is 26.6 Å². The van der Waals surface area contributed by atoms with E-state index in [1.165, 1.54) is 23.7 Å². The fourth-order valence-corrected chi connectivity index (χ4v) is 1.63. The molecule has 6 nitrogen and oxygen atoms in total. The van der Waals surface area contributed by atoms with Crippen LogP contribution in [0.4, 0.5) is 0 Å². The van der Waals surface area contributed by atoms with Crippen LogP contribution < -0.4 is 5.43 Å². The Morgan fingerprint density at radius 2 is 2.12 bits per heavy atom. The summed E-state index contributed by atoms with van der Waals surface area (Å²) in [5.74, 6) is -0.619. The van der Waals surface area contributed by atoms with Gasteiger partial charge in [-0.25, -0.2) is 14.5 Å². The summed E-state index contributed by atoms with van der Waals surface area (Å²) in [6, 6.07) is 4.57. The number of carboxylic acid groups (broad SMARTS) is 1. The first-order chi connectivity index (χ1) is 7.99. The van der Waals surface area contributed by atoms with Gasteiger partial charge in [0.1, 0.15) is 5.82 Å². The van der Waals surface area contributed by atoms with Crippen molar-refractivity contribution in [3.63, 3.8) is 0 Å². The van der Waals surface area contributed by atoms with E-state index in [1.807, 2.05) is 0 Å². The molecular formula is C11H11N3O3. The van der Waals surface area contributed by atoms with E-state index >= 15 is 0 Å². The molecular weight excluding hydrogens is 222 g/mol. The maximum absolute atomic E-state index is 11.0. The van der Waals surface area contributed by atoms with E-state index in [1.54, 1.807) is 13.0 Å². The molecule has 1 aromatic heterocycles. The van der Waals surface area contributed by atoms with Crippen LogP contribution in [0, 0.1) is 6.92 Å². The average Bonchev–Trinajstić information content (AvgIpc) is 2.54. The summed E-state index contributed by atoms with van der Waals surface area (Å²) in [4.78, 5) is 26.0. The van der Waals surface area contributed by atoms with Gasteiger partial charge in [0.05, 0.1) is 16.6 Å². The zero-order valence-corrected chi connectivity index (χ0v) is 9.39. The van der Waals surface area contributed by atoms with Crippen molar-refractivity contribution in [2.75, 3.05) is 5.43 Å². The molecule has 2 N–H and O–H groups in total. The van der Waals surface area contributed by atoms with E-state index in [9.17, 15) is 9.59 Å². The summed E-state index contributed by atoms with van der Waals surface area (Å²) in [5, 5.41) is 8.86. The van der Waals surface area contributed by atoms with Crippen LogP contribution in [0.15, 0.2) is 18.2 Å². The van der Waals surface area contributed by atoms with Crippen molar-refractivity contribution in [3.8, 4) is 0 Å². The van der Waals surface area contributed by atoms with Gasteiger partial charge in [0.25, 0.3) is 0 Å². The number of benzene rings is 1. The lowest BCUT2D eigenvalue weighted by Crippen LogP contribution is -2.20. The molecule has 0 fully saturated rings. The third-order valence-electron chi connectivity index (χ3n) is 2.34. The SMILES string of the molecule is CC(=O)Nn1c(C)nc2cc(C(=O)O)ccc21. The lowest BCUT2D eigenvalue weighted by Gasteiger charge is -2.06. The minimum atomic E-state index is -1.00. The number of carbonyl (C=O) groups is 2. The minimum absolute atomic E-state index is 0.171. The number of aromatic nitrogens is 2. The molecule has 0 radical (unpaired) electrons. The summed E-state index contributed by atoms with van der Waals surface area (Å²) in [6.07, 6.45) is 0. The minimum Gasteiger partial charge on any atom is -0.478 e. The molecule has 0 unspecified atom stereocenters. The zero-order chi connectivity index (χ0) is 12.6. The normalized spacial score (nSPS) is 10.5. The molecule has 0 aliphatic heterocycles. The summed E-state index contributed by atoms with van der Waals surface area (Å²) < 4.78 is 1.53. The number of rotatable bonds is 2. The largest absolute Gasteiger partial charge is 0.478 e. The number of hydrogen-bond donors (Lipinski definition) is 2. The summed E-state index contributed by atoms with van der Waals surface area (Å²) in [7, 11) is 0. The number of aryl methyl sites for hydroxylation is 1. The Hall–Kier alpha value is -2.37. The molecule has 0 saturated heterocycles. The van der Waals surface area contributed by atoms with E-state index in [4.69, 9.17) is 5.11 Å². The maximum Gasteiger partial charge on any atom is 0.335 e. The van der Waals surface area contributed by atoms with Gasteiger partial charge in [-0.2, -0.15) is 0 Å². The van der Waals surface area contributed by atoms with Crippen molar-refractivity contribution >= 4 is 22.9 Å². The average molecular weight is 233 g/mol. The topological polar surface area (TPSA) is 84.2 Å². The Balaban J connectivity index is 2.60. The smallest absolute Gasteiger partial charge is 0.335 e. The highest BCUT2D eigenvalue weighted by Gasteiger charge is 2.11. The van der Waals surface area contributed by atoms with Gasteiger partial charge in [-0.1, -0.05) is 0 Å². The molecule has 1 heterocycles. The van der Waals surface area contributed by atoms with Gasteiger partial charge in [0.2, 0.25) is 5.91 Å². The molecule has 6 heteroatoms. The van der Waals surface area contributed by atoms with Gasteiger partial charge in [0, 0.05) is 6.92 Å². The van der Waals surface area contributed by atoms with E-state index in [2.05, 4.69) is 10.4 Å². The van der Waals surface area contributed by atoms with Crippen LogP contribution >= 0.6 is 0 Å². The zero-order valence-electron chi connectivity index (χ0n) is 9.39. The molecule has 0 bridgehead atoms. The summed E-state index contributed by atoms with van der Waals surface area (Å²) >= 11 is 0. The Morgan fingerprint density at radius 3 is 2.71 bits per heavy atom. The van der Waals surface area contributed by atoms with E-state index in [-0.39, 0.29) is 11.5 Å². The van der Waals surface area contributed by atoms with E-state index in [0.29, 0.717) is 16.9 Å². The van der Waals surface area contributed by atoms with Crippen LogP contribution in [0.2, 0.25) is 0 Å². The number of imidazole rings is 1. The Morgan fingerprint density at radius 1 is 1.41 bits per heavy atom. The van der Waals surface area contributed by atoms with Crippen LogP contribution in [0.3, 0.4) is 0 Å². The predicted octanol–water partition coefficient (Wildman–Crippen LogP) is 1.13. The molecule has 17 heavy (non-hydrogen) atoms. The second kappa shape index (κ2) is 3.89.